The SMILES string of the molecule is CCOC(=O)c1c(C=O)n(C2CC2)c2cc(Br)c(OC(C)=O)cc12. The monoisotopic (exact) mass is 393 g/mol. The second kappa shape index (κ2) is 6.39. The molecule has 0 saturated heterocycles. The van der Waals surface area contributed by atoms with E-state index in [0.717, 1.165) is 18.4 Å². The smallest absolute Gasteiger partial charge is 0.341 e. The topological polar surface area (TPSA) is 74.6 Å². The Hall–Kier alpha value is -2.15. The minimum atomic E-state index is -0.555. The van der Waals surface area contributed by atoms with Crippen molar-refractivity contribution in [3.8, 4) is 5.75 Å². The Morgan fingerprint density at radius 2 is 2.08 bits per heavy atom. The predicted molar refractivity (Wildman–Crippen MR) is 90.6 cm³/mol. The molecule has 1 aromatic carbocycles. The summed E-state index contributed by atoms with van der Waals surface area (Å²) in [5, 5.41) is 0.543. The number of halogens is 1. The normalized spacial score (nSPS) is 13.8. The van der Waals surface area contributed by atoms with Crippen LogP contribution < -0.4 is 4.74 Å². The Bertz CT molecular complexity index is 851. The highest BCUT2D eigenvalue weighted by Crippen LogP contribution is 2.43. The van der Waals surface area contributed by atoms with Gasteiger partial charge in [0.05, 0.1) is 27.9 Å². The molecule has 2 aromatic rings. The first-order chi connectivity index (χ1) is 11.5. The van der Waals surface area contributed by atoms with Gasteiger partial charge in [-0.15, -0.1) is 0 Å². The van der Waals surface area contributed by atoms with E-state index in [9.17, 15) is 14.4 Å². The maximum atomic E-state index is 12.4. The summed E-state index contributed by atoms with van der Waals surface area (Å²) >= 11 is 3.38. The van der Waals surface area contributed by atoms with Gasteiger partial charge in [-0.3, -0.25) is 9.59 Å². The van der Waals surface area contributed by atoms with E-state index in [1.165, 1.54) is 6.92 Å². The molecule has 1 aliphatic carbocycles. The number of hydrogen-bond donors (Lipinski definition) is 0. The van der Waals surface area contributed by atoms with Crippen LogP contribution in [0.3, 0.4) is 0 Å². The van der Waals surface area contributed by atoms with Crippen molar-refractivity contribution >= 4 is 45.1 Å². The number of esters is 2. The highest BCUT2D eigenvalue weighted by atomic mass is 79.9. The maximum Gasteiger partial charge on any atom is 0.341 e. The van der Waals surface area contributed by atoms with Gasteiger partial charge in [-0.1, -0.05) is 0 Å². The zero-order chi connectivity index (χ0) is 17.4. The molecule has 24 heavy (non-hydrogen) atoms. The molecular weight excluding hydrogens is 378 g/mol. The number of fused-ring (bicyclic) bond motifs is 1. The van der Waals surface area contributed by atoms with E-state index < -0.39 is 11.9 Å². The molecule has 0 amide bonds. The van der Waals surface area contributed by atoms with Gasteiger partial charge in [0, 0.05) is 18.4 Å². The minimum Gasteiger partial charge on any atom is -0.462 e. The van der Waals surface area contributed by atoms with Crippen LogP contribution in [0.4, 0.5) is 0 Å². The third-order valence-corrected chi connectivity index (χ3v) is 4.47. The summed E-state index contributed by atoms with van der Waals surface area (Å²) in [5.41, 5.74) is 1.26. The summed E-state index contributed by atoms with van der Waals surface area (Å²) in [7, 11) is 0. The van der Waals surface area contributed by atoms with Crippen molar-refractivity contribution < 1.29 is 23.9 Å². The molecule has 0 bridgehead atoms. The van der Waals surface area contributed by atoms with Gasteiger partial charge >= 0.3 is 11.9 Å². The number of benzene rings is 1. The number of nitrogens with zero attached hydrogens (tertiary/aromatic N) is 1. The lowest BCUT2D eigenvalue weighted by Gasteiger charge is -2.07. The lowest BCUT2D eigenvalue weighted by atomic mass is 10.1. The van der Waals surface area contributed by atoms with Gasteiger partial charge in [-0.2, -0.15) is 0 Å². The average molecular weight is 394 g/mol. The molecule has 0 spiro atoms. The summed E-state index contributed by atoms with van der Waals surface area (Å²) in [6.07, 6.45) is 2.59. The summed E-state index contributed by atoms with van der Waals surface area (Å²) < 4.78 is 12.7. The van der Waals surface area contributed by atoms with Crippen molar-refractivity contribution in [1.82, 2.24) is 4.57 Å². The lowest BCUT2D eigenvalue weighted by Crippen LogP contribution is -2.09. The third kappa shape index (κ3) is 2.84. The zero-order valence-electron chi connectivity index (χ0n) is 13.3. The molecule has 1 heterocycles. The number of aromatic nitrogens is 1. The van der Waals surface area contributed by atoms with Gasteiger partial charge < -0.3 is 14.0 Å². The van der Waals surface area contributed by atoms with Crippen molar-refractivity contribution in [3.05, 3.63) is 27.9 Å². The number of hydrogen-bond acceptors (Lipinski definition) is 5. The number of ether oxygens (including phenoxy) is 2. The molecule has 0 atom stereocenters. The standard InChI is InChI=1S/C17H16BrNO5/c1-3-23-17(22)16-11-6-15(24-9(2)21)12(18)7-13(11)19(10-4-5-10)14(16)8-20/h6-8,10H,3-5H2,1-2H3. The van der Waals surface area contributed by atoms with Crippen LogP contribution >= 0.6 is 15.9 Å². The first-order valence-electron chi connectivity index (χ1n) is 7.66. The Labute approximate surface area is 146 Å². The van der Waals surface area contributed by atoms with Crippen molar-refractivity contribution in [2.45, 2.75) is 32.7 Å². The van der Waals surface area contributed by atoms with Crippen LogP contribution in [0, 0.1) is 0 Å². The number of carbonyl (C=O) groups excluding carboxylic acids is 3. The molecule has 6 nitrogen and oxygen atoms in total. The Kier molecular flexibility index (Phi) is 4.45. The van der Waals surface area contributed by atoms with Crippen LogP contribution in [0.15, 0.2) is 16.6 Å². The van der Waals surface area contributed by atoms with Crippen molar-refractivity contribution in [2.24, 2.45) is 0 Å². The van der Waals surface area contributed by atoms with Crippen LogP contribution in [0.5, 0.6) is 5.75 Å². The van der Waals surface area contributed by atoms with Crippen molar-refractivity contribution in [1.29, 1.82) is 0 Å². The van der Waals surface area contributed by atoms with Gasteiger partial charge in [0.15, 0.2) is 6.29 Å². The molecular formula is C17H16BrNO5. The molecule has 1 aliphatic rings. The molecule has 0 N–H and O–H groups in total. The first-order valence-corrected chi connectivity index (χ1v) is 8.45. The summed E-state index contributed by atoms with van der Waals surface area (Å²) in [6, 6.07) is 3.56. The third-order valence-electron chi connectivity index (χ3n) is 3.85. The van der Waals surface area contributed by atoms with Crippen LogP contribution in [0.1, 0.15) is 53.6 Å². The molecule has 0 unspecified atom stereocenters. The quantitative estimate of drug-likeness (QED) is 0.440. The van der Waals surface area contributed by atoms with E-state index in [-0.39, 0.29) is 18.2 Å². The van der Waals surface area contributed by atoms with E-state index in [0.29, 0.717) is 27.6 Å². The van der Waals surface area contributed by atoms with E-state index in [1.807, 2.05) is 4.57 Å². The molecule has 1 fully saturated rings. The summed E-state index contributed by atoms with van der Waals surface area (Å²) in [6.45, 7) is 3.22. The van der Waals surface area contributed by atoms with Crippen LogP contribution in [0.2, 0.25) is 0 Å². The number of carbonyl (C=O) groups is 3. The van der Waals surface area contributed by atoms with Gasteiger partial charge in [0.2, 0.25) is 0 Å². The summed E-state index contributed by atoms with van der Waals surface area (Å²) in [4.78, 5) is 35.4. The minimum absolute atomic E-state index is 0.197. The van der Waals surface area contributed by atoms with E-state index in [2.05, 4.69) is 15.9 Å². The van der Waals surface area contributed by atoms with E-state index >= 15 is 0 Å². The number of rotatable bonds is 5. The second-order valence-corrected chi connectivity index (χ2v) is 6.45. The predicted octanol–water partition coefficient (Wildman–Crippen LogP) is 3.65. The summed E-state index contributed by atoms with van der Waals surface area (Å²) in [5.74, 6) is -0.726. The van der Waals surface area contributed by atoms with Gasteiger partial charge in [0.25, 0.3) is 0 Å². The number of aldehydes is 1. The zero-order valence-corrected chi connectivity index (χ0v) is 14.9. The Morgan fingerprint density at radius 1 is 1.38 bits per heavy atom. The first kappa shape index (κ1) is 16.7. The fourth-order valence-electron chi connectivity index (χ4n) is 2.82. The molecule has 3 rings (SSSR count). The van der Waals surface area contributed by atoms with E-state index in [1.54, 1.807) is 19.1 Å². The largest absolute Gasteiger partial charge is 0.462 e. The van der Waals surface area contributed by atoms with Crippen LogP contribution in [0.25, 0.3) is 10.9 Å². The molecule has 126 valence electrons. The second-order valence-electron chi connectivity index (χ2n) is 5.59. The lowest BCUT2D eigenvalue weighted by molar-refractivity contribution is -0.131. The highest BCUT2D eigenvalue weighted by Gasteiger charge is 2.32. The van der Waals surface area contributed by atoms with Crippen molar-refractivity contribution in [3.63, 3.8) is 0 Å². The average Bonchev–Trinajstić information content (AvgIpc) is 3.30. The van der Waals surface area contributed by atoms with Crippen molar-refractivity contribution in [2.75, 3.05) is 6.61 Å². The van der Waals surface area contributed by atoms with Crippen LogP contribution in [-0.4, -0.2) is 29.4 Å². The van der Waals surface area contributed by atoms with Gasteiger partial charge in [-0.05, 0) is 47.8 Å². The van der Waals surface area contributed by atoms with Gasteiger partial charge in [0.1, 0.15) is 5.75 Å². The fourth-order valence-corrected chi connectivity index (χ4v) is 3.24. The molecule has 0 aliphatic heterocycles. The van der Waals surface area contributed by atoms with Crippen LogP contribution in [-0.2, 0) is 9.53 Å². The van der Waals surface area contributed by atoms with E-state index in [4.69, 9.17) is 9.47 Å². The molecule has 1 aromatic heterocycles. The Morgan fingerprint density at radius 3 is 2.62 bits per heavy atom. The molecule has 7 heteroatoms. The van der Waals surface area contributed by atoms with Gasteiger partial charge in [-0.25, -0.2) is 4.79 Å². The highest BCUT2D eigenvalue weighted by molar-refractivity contribution is 9.10. The maximum absolute atomic E-state index is 12.4. The molecule has 0 radical (unpaired) electrons. The fraction of sp³-hybridized carbons (Fsp3) is 0.353. The molecule has 1 saturated carbocycles. The Balaban J connectivity index is 2.30.